The van der Waals surface area contributed by atoms with Crippen molar-refractivity contribution >= 4 is 17.5 Å². The smallest absolute Gasteiger partial charge is 0.254 e. The first-order chi connectivity index (χ1) is 10.1. The number of carbonyl (C=O) groups is 1. The number of carbonyl (C=O) groups excluding carboxylic acids is 1. The largest absolute Gasteiger partial charge is 0.332 e. The fourth-order valence-electron chi connectivity index (χ4n) is 3.76. The highest BCUT2D eigenvalue weighted by Gasteiger charge is 2.40. The van der Waals surface area contributed by atoms with E-state index in [0.29, 0.717) is 17.0 Å². The summed E-state index contributed by atoms with van der Waals surface area (Å²) in [4.78, 5) is 17.5. The molecule has 1 atom stereocenters. The van der Waals surface area contributed by atoms with Crippen LogP contribution >= 0.6 is 11.6 Å². The lowest BCUT2D eigenvalue weighted by atomic mass is 9.82. The molecule has 0 aliphatic carbocycles. The Labute approximate surface area is 131 Å². The summed E-state index contributed by atoms with van der Waals surface area (Å²) in [5.74, 6) is 0.800. The third-order valence-corrected chi connectivity index (χ3v) is 5.11. The van der Waals surface area contributed by atoms with Crippen LogP contribution in [-0.2, 0) is 0 Å². The predicted molar refractivity (Wildman–Crippen MR) is 85.7 cm³/mol. The van der Waals surface area contributed by atoms with Gasteiger partial charge >= 0.3 is 0 Å². The van der Waals surface area contributed by atoms with Crippen molar-refractivity contribution in [3.63, 3.8) is 0 Å². The van der Waals surface area contributed by atoms with Crippen molar-refractivity contribution in [1.29, 1.82) is 0 Å². The van der Waals surface area contributed by atoms with Gasteiger partial charge in [-0.05, 0) is 70.0 Å². The van der Waals surface area contributed by atoms with Gasteiger partial charge in [0, 0.05) is 29.2 Å². The maximum Gasteiger partial charge on any atom is 0.254 e. The van der Waals surface area contributed by atoms with Crippen LogP contribution in [0.1, 0.15) is 37.0 Å². The second-order valence-electron chi connectivity index (χ2n) is 6.52. The number of halogens is 1. The molecular formula is C17H23ClN2O. The number of rotatable bonds is 3. The van der Waals surface area contributed by atoms with Gasteiger partial charge in [0.05, 0.1) is 0 Å². The van der Waals surface area contributed by atoms with E-state index in [9.17, 15) is 4.79 Å². The van der Waals surface area contributed by atoms with Gasteiger partial charge in [-0.2, -0.15) is 0 Å². The molecule has 0 unspecified atom stereocenters. The summed E-state index contributed by atoms with van der Waals surface area (Å²) in [5.41, 5.74) is 0.740. The topological polar surface area (TPSA) is 23.6 Å². The van der Waals surface area contributed by atoms with E-state index < -0.39 is 0 Å². The molecule has 2 bridgehead atoms. The Morgan fingerprint density at radius 2 is 1.86 bits per heavy atom. The summed E-state index contributed by atoms with van der Waals surface area (Å²) in [6.45, 7) is 7.66. The van der Waals surface area contributed by atoms with Gasteiger partial charge in [0.1, 0.15) is 0 Å². The zero-order chi connectivity index (χ0) is 15.0. The van der Waals surface area contributed by atoms with Crippen LogP contribution < -0.4 is 0 Å². The zero-order valence-corrected chi connectivity index (χ0v) is 13.5. The highest BCUT2D eigenvalue weighted by atomic mass is 35.5. The molecule has 0 N–H and O–H groups in total. The van der Waals surface area contributed by atoms with Gasteiger partial charge < -0.3 is 9.80 Å². The number of amides is 1. The van der Waals surface area contributed by atoms with Crippen molar-refractivity contribution in [2.45, 2.75) is 38.8 Å². The average molecular weight is 307 g/mol. The molecule has 0 saturated carbocycles. The molecule has 0 spiro atoms. The Hall–Kier alpha value is -1.06. The van der Waals surface area contributed by atoms with E-state index in [2.05, 4.69) is 23.6 Å². The molecular weight excluding hydrogens is 284 g/mol. The number of hydrogen-bond acceptors (Lipinski definition) is 2. The fraction of sp³-hybridized carbons (Fsp3) is 0.588. The molecule has 4 heteroatoms. The first-order valence-corrected chi connectivity index (χ1v) is 8.24. The molecule has 1 amide bonds. The second kappa shape index (κ2) is 5.98. The van der Waals surface area contributed by atoms with Gasteiger partial charge in [-0.25, -0.2) is 0 Å². The van der Waals surface area contributed by atoms with Crippen LogP contribution in [0.5, 0.6) is 0 Å². The number of hydrogen-bond donors (Lipinski definition) is 0. The van der Waals surface area contributed by atoms with E-state index in [4.69, 9.17) is 11.6 Å². The minimum Gasteiger partial charge on any atom is -0.332 e. The summed E-state index contributed by atoms with van der Waals surface area (Å²) >= 11 is 5.93. The molecule has 0 radical (unpaired) electrons. The van der Waals surface area contributed by atoms with Gasteiger partial charge in [-0.15, -0.1) is 0 Å². The first kappa shape index (κ1) is 14.9. The second-order valence-corrected chi connectivity index (χ2v) is 6.95. The molecule has 0 aromatic heterocycles. The quantitative estimate of drug-likeness (QED) is 0.855. The van der Waals surface area contributed by atoms with E-state index in [1.165, 1.54) is 25.9 Å². The normalized spacial score (nSPS) is 27.9. The number of nitrogens with zero attached hydrogens (tertiary/aromatic N) is 2. The minimum absolute atomic E-state index is 0.139. The van der Waals surface area contributed by atoms with Crippen LogP contribution in [0, 0.1) is 5.92 Å². The SMILES string of the molecule is CC(C)N(C(=O)c1ccc(Cl)cc1)[C@H]1CN2CCC1CC2. The summed E-state index contributed by atoms with van der Waals surface area (Å²) in [7, 11) is 0. The molecule has 3 aliphatic rings. The molecule has 3 heterocycles. The summed E-state index contributed by atoms with van der Waals surface area (Å²) in [6, 6.07) is 7.84. The van der Waals surface area contributed by atoms with Crippen LogP contribution in [0.4, 0.5) is 0 Å². The van der Waals surface area contributed by atoms with Crippen LogP contribution in [-0.4, -0.2) is 47.4 Å². The summed E-state index contributed by atoms with van der Waals surface area (Å²) in [5, 5.41) is 0.672. The Bertz CT molecular complexity index is 506. The van der Waals surface area contributed by atoms with E-state index in [1.54, 1.807) is 12.1 Å². The molecule has 114 valence electrons. The lowest BCUT2D eigenvalue weighted by Gasteiger charge is -2.50. The van der Waals surface area contributed by atoms with E-state index in [0.717, 1.165) is 12.1 Å². The Morgan fingerprint density at radius 3 is 2.33 bits per heavy atom. The lowest BCUT2D eigenvalue weighted by molar-refractivity contribution is -0.00250. The fourth-order valence-corrected chi connectivity index (χ4v) is 3.88. The lowest BCUT2D eigenvalue weighted by Crippen LogP contribution is -2.60. The molecule has 3 nitrogen and oxygen atoms in total. The van der Waals surface area contributed by atoms with Crippen LogP contribution in [0.2, 0.25) is 5.02 Å². The Morgan fingerprint density at radius 1 is 1.24 bits per heavy atom. The highest BCUT2D eigenvalue weighted by Crippen LogP contribution is 2.32. The molecule has 3 aliphatic heterocycles. The molecule has 1 aromatic carbocycles. The molecule has 3 fully saturated rings. The standard InChI is InChI=1S/C17H23ClN2O/c1-12(2)20(16-11-19-9-7-13(16)8-10-19)17(21)14-3-5-15(18)6-4-14/h3-6,12-13,16H,7-11H2,1-2H3/t16-/m0/s1. The summed E-state index contributed by atoms with van der Waals surface area (Å²) < 4.78 is 0. The molecule has 3 saturated heterocycles. The van der Waals surface area contributed by atoms with Crippen molar-refractivity contribution in [2.24, 2.45) is 5.92 Å². The van der Waals surface area contributed by atoms with E-state index in [1.807, 2.05) is 12.1 Å². The third-order valence-electron chi connectivity index (χ3n) is 4.86. The van der Waals surface area contributed by atoms with Crippen molar-refractivity contribution < 1.29 is 4.79 Å². The highest BCUT2D eigenvalue weighted by molar-refractivity contribution is 6.30. The van der Waals surface area contributed by atoms with Crippen molar-refractivity contribution in [2.75, 3.05) is 19.6 Å². The number of fused-ring (bicyclic) bond motifs is 3. The van der Waals surface area contributed by atoms with Crippen LogP contribution in [0.3, 0.4) is 0 Å². The maximum atomic E-state index is 12.9. The molecule has 21 heavy (non-hydrogen) atoms. The van der Waals surface area contributed by atoms with Crippen molar-refractivity contribution in [1.82, 2.24) is 9.80 Å². The van der Waals surface area contributed by atoms with Gasteiger partial charge in [-0.1, -0.05) is 11.6 Å². The number of piperidine rings is 3. The first-order valence-electron chi connectivity index (χ1n) is 7.87. The Kier molecular flexibility index (Phi) is 4.23. The van der Waals surface area contributed by atoms with Gasteiger partial charge in [-0.3, -0.25) is 4.79 Å². The zero-order valence-electron chi connectivity index (χ0n) is 12.8. The molecule has 4 rings (SSSR count). The Balaban J connectivity index is 1.84. The molecule has 1 aromatic rings. The average Bonchev–Trinajstić information content (AvgIpc) is 2.49. The van der Waals surface area contributed by atoms with Crippen molar-refractivity contribution in [3.05, 3.63) is 34.9 Å². The van der Waals surface area contributed by atoms with Crippen molar-refractivity contribution in [3.8, 4) is 0 Å². The predicted octanol–water partition coefficient (Wildman–Crippen LogP) is 3.28. The van der Waals surface area contributed by atoms with Crippen LogP contribution in [0.15, 0.2) is 24.3 Å². The van der Waals surface area contributed by atoms with E-state index >= 15 is 0 Å². The van der Waals surface area contributed by atoms with E-state index in [-0.39, 0.29) is 11.9 Å². The third kappa shape index (κ3) is 2.95. The van der Waals surface area contributed by atoms with Crippen LogP contribution in [0.25, 0.3) is 0 Å². The van der Waals surface area contributed by atoms with Gasteiger partial charge in [0.25, 0.3) is 5.91 Å². The maximum absolute atomic E-state index is 12.9. The monoisotopic (exact) mass is 306 g/mol. The van der Waals surface area contributed by atoms with Gasteiger partial charge in [0.15, 0.2) is 0 Å². The summed E-state index contributed by atoms with van der Waals surface area (Å²) in [6.07, 6.45) is 2.45. The minimum atomic E-state index is 0.139. The van der Waals surface area contributed by atoms with Gasteiger partial charge in [0.2, 0.25) is 0 Å². The number of benzene rings is 1.